The lowest BCUT2D eigenvalue weighted by Gasteiger charge is -2.32. The third-order valence-corrected chi connectivity index (χ3v) is 4.13. The Balaban J connectivity index is 2.20. The monoisotopic (exact) mass is 362 g/mol. The van der Waals surface area contributed by atoms with E-state index in [1.807, 2.05) is 0 Å². The van der Waals surface area contributed by atoms with Gasteiger partial charge in [0, 0.05) is 17.2 Å². The molecule has 8 heteroatoms. The summed E-state index contributed by atoms with van der Waals surface area (Å²) in [5.41, 5.74) is -2.18. The summed E-state index contributed by atoms with van der Waals surface area (Å²) in [6.45, 7) is 0.574. The van der Waals surface area contributed by atoms with Crippen LogP contribution in [0.1, 0.15) is 18.1 Å². The van der Waals surface area contributed by atoms with Crippen LogP contribution in [0.15, 0.2) is 47.5 Å². The van der Waals surface area contributed by atoms with Gasteiger partial charge >= 0.3 is 5.97 Å². The SMILES string of the molecule is C[C@@]1(c2cc(F)cc(F)c2)N=C(c2ccccc2F)C(=O)N1CC(=O)O. The first-order valence-corrected chi connectivity index (χ1v) is 7.57. The average molecular weight is 362 g/mol. The minimum Gasteiger partial charge on any atom is -0.480 e. The Bertz CT molecular complexity index is 925. The molecule has 0 aromatic heterocycles. The Hall–Kier alpha value is -3.16. The number of carboxylic acid groups (broad SMARTS) is 1. The summed E-state index contributed by atoms with van der Waals surface area (Å²) in [7, 11) is 0. The van der Waals surface area contributed by atoms with Crippen molar-refractivity contribution in [3.8, 4) is 0 Å². The van der Waals surface area contributed by atoms with Gasteiger partial charge in [0.1, 0.15) is 29.7 Å². The van der Waals surface area contributed by atoms with Crippen LogP contribution in [0, 0.1) is 17.5 Å². The standard InChI is InChI=1S/C18H13F3N2O3/c1-18(10-6-11(19)8-12(20)7-10)22-16(13-4-2-3-5-14(13)21)17(26)23(18)9-15(24)25/h2-8H,9H2,1H3,(H,24,25)/t18-/m1/s1. The van der Waals surface area contributed by atoms with Crippen molar-refractivity contribution in [3.63, 3.8) is 0 Å². The number of carbonyl (C=O) groups is 2. The number of amides is 1. The van der Waals surface area contributed by atoms with Gasteiger partial charge in [0.25, 0.3) is 5.91 Å². The molecule has 0 fully saturated rings. The van der Waals surface area contributed by atoms with E-state index < -0.39 is 41.5 Å². The Labute approximate surface area is 146 Å². The summed E-state index contributed by atoms with van der Waals surface area (Å²) < 4.78 is 41.4. The van der Waals surface area contributed by atoms with Crippen LogP contribution >= 0.6 is 0 Å². The molecule has 1 aliphatic rings. The maximum absolute atomic E-state index is 14.1. The fourth-order valence-corrected chi connectivity index (χ4v) is 2.89. The van der Waals surface area contributed by atoms with Crippen molar-refractivity contribution in [2.75, 3.05) is 6.54 Å². The van der Waals surface area contributed by atoms with Gasteiger partial charge in [-0.05, 0) is 31.2 Å². The smallest absolute Gasteiger partial charge is 0.323 e. The molecule has 0 radical (unpaired) electrons. The maximum Gasteiger partial charge on any atom is 0.323 e. The van der Waals surface area contributed by atoms with E-state index in [1.54, 1.807) is 0 Å². The van der Waals surface area contributed by atoms with Gasteiger partial charge in [-0.2, -0.15) is 0 Å². The van der Waals surface area contributed by atoms with Crippen LogP contribution in [-0.2, 0) is 15.3 Å². The normalized spacial score (nSPS) is 19.6. The third kappa shape index (κ3) is 2.94. The van der Waals surface area contributed by atoms with Gasteiger partial charge in [0.15, 0.2) is 5.66 Å². The van der Waals surface area contributed by atoms with Crippen LogP contribution in [-0.4, -0.2) is 34.1 Å². The molecule has 1 N–H and O–H groups in total. The lowest BCUT2D eigenvalue weighted by atomic mass is 10.0. The summed E-state index contributed by atoms with van der Waals surface area (Å²) in [6.07, 6.45) is 0. The molecule has 2 aromatic rings. The predicted molar refractivity (Wildman–Crippen MR) is 86.0 cm³/mol. The second kappa shape index (κ2) is 6.29. The number of halogens is 3. The van der Waals surface area contributed by atoms with E-state index in [1.165, 1.54) is 25.1 Å². The molecule has 0 saturated carbocycles. The largest absolute Gasteiger partial charge is 0.480 e. The minimum atomic E-state index is -1.70. The van der Waals surface area contributed by atoms with Gasteiger partial charge in [-0.3, -0.25) is 14.5 Å². The van der Waals surface area contributed by atoms with Crippen molar-refractivity contribution in [3.05, 3.63) is 71.0 Å². The quantitative estimate of drug-likeness (QED) is 0.909. The molecule has 0 bridgehead atoms. The second-order valence-corrected chi connectivity index (χ2v) is 5.90. The minimum absolute atomic E-state index is 0.0593. The molecular formula is C18H13F3N2O3. The molecule has 1 amide bonds. The van der Waals surface area contributed by atoms with Crippen LogP contribution in [0.25, 0.3) is 0 Å². The van der Waals surface area contributed by atoms with E-state index >= 15 is 0 Å². The summed E-state index contributed by atoms with van der Waals surface area (Å²) >= 11 is 0. The molecule has 2 aromatic carbocycles. The van der Waals surface area contributed by atoms with Gasteiger partial charge in [-0.15, -0.1) is 0 Å². The predicted octanol–water partition coefficient (Wildman–Crippen LogP) is 2.69. The highest BCUT2D eigenvalue weighted by atomic mass is 19.1. The number of hydrogen-bond acceptors (Lipinski definition) is 3. The lowest BCUT2D eigenvalue weighted by molar-refractivity contribution is -0.144. The number of aliphatic imine (C=N–C) groups is 1. The first-order valence-electron chi connectivity index (χ1n) is 7.57. The molecule has 0 spiro atoms. The number of aliphatic carboxylic acids is 1. The number of carboxylic acids is 1. The molecule has 3 rings (SSSR count). The number of carbonyl (C=O) groups excluding carboxylic acids is 1. The second-order valence-electron chi connectivity index (χ2n) is 5.90. The van der Waals surface area contributed by atoms with Gasteiger partial charge in [-0.25, -0.2) is 18.2 Å². The Kier molecular flexibility index (Phi) is 4.27. The van der Waals surface area contributed by atoms with E-state index in [-0.39, 0.29) is 16.8 Å². The zero-order valence-electron chi connectivity index (χ0n) is 13.5. The van der Waals surface area contributed by atoms with Gasteiger partial charge in [0.05, 0.1) is 0 Å². The van der Waals surface area contributed by atoms with Gasteiger partial charge in [0.2, 0.25) is 0 Å². The van der Waals surface area contributed by atoms with Crippen molar-refractivity contribution in [2.24, 2.45) is 4.99 Å². The van der Waals surface area contributed by atoms with Crippen molar-refractivity contribution in [2.45, 2.75) is 12.6 Å². The number of benzene rings is 2. The zero-order valence-corrected chi connectivity index (χ0v) is 13.5. The summed E-state index contributed by atoms with van der Waals surface area (Å²) in [6, 6.07) is 7.93. The fourth-order valence-electron chi connectivity index (χ4n) is 2.89. The van der Waals surface area contributed by atoms with Gasteiger partial charge in [-0.1, -0.05) is 12.1 Å². The van der Waals surface area contributed by atoms with Crippen LogP contribution in [0.3, 0.4) is 0 Å². The van der Waals surface area contributed by atoms with E-state index in [0.717, 1.165) is 23.1 Å². The van der Waals surface area contributed by atoms with Crippen LogP contribution in [0.5, 0.6) is 0 Å². The van der Waals surface area contributed by atoms with Crippen LogP contribution < -0.4 is 0 Å². The van der Waals surface area contributed by atoms with E-state index in [2.05, 4.69) is 4.99 Å². The lowest BCUT2D eigenvalue weighted by Crippen LogP contribution is -2.45. The van der Waals surface area contributed by atoms with E-state index in [4.69, 9.17) is 5.11 Å². The van der Waals surface area contributed by atoms with Crippen LogP contribution in [0.2, 0.25) is 0 Å². The summed E-state index contributed by atoms with van der Waals surface area (Å²) in [4.78, 5) is 28.9. The van der Waals surface area contributed by atoms with Crippen molar-refractivity contribution >= 4 is 17.6 Å². The van der Waals surface area contributed by atoms with E-state index in [0.29, 0.717) is 6.07 Å². The molecular weight excluding hydrogens is 349 g/mol. The molecule has 26 heavy (non-hydrogen) atoms. The molecule has 0 saturated heterocycles. The number of hydrogen-bond donors (Lipinski definition) is 1. The molecule has 134 valence electrons. The molecule has 0 aliphatic carbocycles. The highest BCUT2D eigenvalue weighted by molar-refractivity contribution is 6.47. The average Bonchev–Trinajstić information content (AvgIpc) is 2.80. The van der Waals surface area contributed by atoms with Gasteiger partial charge < -0.3 is 5.11 Å². The zero-order chi connectivity index (χ0) is 19.1. The maximum atomic E-state index is 14.1. The first-order chi connectivity index (χ1) is 12.2. The molecule has 1 heterocycles. The van der Waals surface area contributed by atoms with Crippen molar-refractivity contribution < 1.29 is 27.9 Å². The number of nitrogens with zero attached hydrogens (tertiary/aromatic N) is 2. The number of rotatable bonds is 4. The van der Waals surface area contributed by atoms with E-state index in [9.17, 15) is 22.8 Å². The Morgan fingerprint density at radius 3 is 2.35 bits per heavy atom. The molecule has 1 atom stereocenters. The van der Waals surface area contributed by atoms with Crippen molar-refractivity contribution in [1.29, 1.82) is 0 Å². The van der Waals surface area contributed by atoms with Crippen molar-refractivity contribution in [1.82, 2.24) is 4.90 Å². The highest BCUT2D eigenvalue weighted by Crippen LogP contribution is 2.37. The third-order valence-electron chi connectivity index (χ3n) is 4.13. The molecule has 5 nitrogen and oxygen atoms in total. The van der Waals surface area contributed by atoms with Crippen LogP contribution in [0.4, 0.5) is 13.2 Å². The Morgan fingerprint density at radius 2 is 1.77 bits per heavy atom. The fraction of sp³-hybridized carbons (Fsp3) is 0.167. The topological polar surface area (TPSA) is 70.0 Å². The summed E-state index contributed by atoms with van der Waals surface area (Å²) in [5.74, 6) is -4.71. The summed E-state index contributed by atoms with van der Waals surface area (Å²) in [5, 5.41) is 9.12. The first kappa shape index (κ1) is 17.7. The molecule has 1 aliphatic heterocycles. The highest BCUT2D eigenvalue weighted by Gasteiger charge is 2.46. The molecule has 0 unspecified atom stereocenters. The Morgan fingerprint density at radius 1 is 1.15 bits per heavy atom.